The average molecular weight is 461 g/mol. The molecule has 2 saturated heterocycles. The van der Waals surface area contributed by atoms with Gasteiger partial charge in [-0.05, 0) is 44.4 Å². The quantitative estimate of drug-likeness (QED) is 0.212. The van der Waals surface area contributed by atoms with E-state index in [1.807, 2.05) is 19.1 Å². The molecule has 2 aliphatic heterocycles. The zero-order valence-electron chi connectivity index (χ0n) is 18.2. The highest BCUT2D eigenvalue weighted by atomic mass is 32.2. The summed E-state index contributed by atoms with van der Waals surface area (Å²) in [5.41, 5.74) is 0. The van der Waals surface area contributed by atoms with Gasteiger partial charge in [0.25, 0.3) is 0 Å². The van der Waals surface area contributed by atoms with E-state index >= 15 is 0 Å². The highest BCUT2D eigenvalue weighted by Gasteiger charge is 2.47. The molecule has 0 saturated carbocycles. The van der Waals surface area contributed by atoms with Crippen LogP contribution in [-0.2, 0) is 24.3 Å². The van der Waals surface area contributed by atoms with E-state index in [-0.39, 0.29) is 48.7 Å². The smallest absolute Gasteiger partial charge is 0.332 e. The predicted octanol–water partition coefficient (Wildman–Crippen LogP) is 1.18. The number of aliphatic carboxylic acids is 1. The summed E-state index contributed by atoms with van der Waals surface area (Å²) in [6.45, 7) is 2.18. The molecule has 0 aliphatic carbocycles. The summed E-state index contributed by atoms with van der Waals surface area (Å²) in [6, 6.07) is 0. The zero-order chi connectivity index (χ0) is 22.9. The molecule has 0 radical (unpaired) electrons. The Bertz CT molecular complexity index is 725. The predicted molar refractivity (Wildman–Crippen MR) is 116 cm³/mol. The topological polar surface area (TPSA) is 142 Å². The van der Waals surface area contributed by atoms with Crippen LogP contribution in [0.15, 0.2) is 12.2 Å². The van der Waals surface area contributed by atoms with Crippen molar-refractivity contribution in [1.29, 1.82) is 0 Å². The van der Waals surface area contributed by atoms with Crippen LogP contribution in [0.25, 0.3) is 0 Å². The maximum atomic E-state index is 12.1. The van der Waals surface area contributed by atoms with Crippen molar-refractivity contribution >= 4 is 21.9 Å². The molecule has 31 heavy (non-hydrogen) atoms. The van der Waals surface area contributed by atoms with E-state index in [0.717, 1.165) is 32.1 Å². The Kier molecular flexibility index (Phi) is 10.4. The first-order valence-corrected chi connectivity index (χ1v) is 12.8. The van der Waals surface area contributed by atoms with Crippen molar-refractivity contribution in [2.45, 2.75) is 76.6 Å². The van der Waals surface area contributed by atoms with Crippen LogP contribution in [0.3, 0.4) is 0 Å². The molecule has 0 aromatic heterocycles. The minimum absolute atomic E-state index is 0.0340. The van der Waals surface area contributed by atoms with E-state index in [4.69, 9.17) is 9.84 Å². The van der Waals surface area contributed by atoms with Crippen molar-refractivity contribution in [3.63, 3.8) is 0 Å². The lowest BCUT2D eigenvalue weighted by Gasteiger charge is -2.27. The monoisotopic (exact) mass is 460 g/mol. The van der Waals surface area contributed by atoms with E-state index in [1.165, 1.54) is 0 Å². The fourth-order valence-electron chi connectivity index (χ4n) is 4.31. The first-order valence-electron chi connectivity index (χ1n) is 11.2. The molecular formula is C21H36N2O7S. The van der Waals surface area contributed by atoms with Crippen LogP contribution in [0, 0.1) is 11.8 Å². The Hall–Kier alpha value is -1.49. The van der Waals surface area contributed by atoms with E-state index in [9.17, 15) is 23.1 Å². The molecule has 1 amide bonds. The number of nitrogens with one attached hydrogen (secondary N) is 2. The summed E-state index contributed by atoms with van der Waals surface area (Å²) in [6.07, 6.45) is 8.49. The number of carboxylic acid groups (broad SMARTS) is 1. The van der Waals surface area contributed by atoms with Gasteiger partial charge in [-0.3, -0.25) is 4.79 Å². The van der Waals surface area contributed by atoms with Crippen molar-refractivity contribution in [2.24, 2.45) is 11.8 Å². The van der Waals surface area contributed by atoms with Crippen LogP contribution in [0.2, 0.25) is 0 Å². The van der Waals surface area contributed by atoms with Gasteiger partial charge in [-0.25, -0.2) is 17.9 Å². The molecule has 10 heteroatoms. The fourth-order valence-corrected chi connectivity index (χ4v) is 5.39. The zero-order valence-corrected chi connectivity index (χ0v) is 19.0. The molecule has 2 aliphatic rings. The molecule has 0 aromatic carbocycles. The summed E-state index contributed by atoms with van der Waals surface area (Å²) >= 11 is 0. The number of amides is 1. The number of carboxylic acids is 1. The number of hydrogen-bond donors (Lipinski definition) is 4. The number of sulfonamides is 1. The van der Waals surface area contributed by atoms with Gasteiger partial charge in [-0.2, -0.15) is 0 Å². The second kappa shape index (κ2) is 12.5. The Balaban J connectivity index is 1.74. The number of fused-ring (bicyclic) bond motifs is 2. The van der Waals surface area contributed by atoms with E-state index < -0.39 is 22.1 Å². The Morgan fingerprint density at radius 3 is 2.55 bits per heavy atom. The van der Waals surface area contributed by atoms with Gasteiger partial charge in [0.2, 0.25) is 15.9 Å². The standard InChI is InChI=1S/C21H36N2O7S/c1-2-3-7-12-31(28,29)23-14-20(25)22-13-16-15(18-10-11-19(16)30-18)8-5-4-6-9-17(24)21(26)27/h4-5,15-19,23-24H,2-3,6-14H2,1H3,(H,22,25)(H,26,27)/t15?,16-,17+,18+,19-/m0/s1. The average Bonchev–Trinajstić information content (AvgIpc) is 3.32. The molecule has 0 aromatic rings. The molecule has 1 unspecified atom stereocenters. The highest BCUT2D eigenvalue weighted by molar-refractivity contribution is 7.89. The SMILES string of the molecule is CCCCCS(=O)(=O)NCC(=O)NC[C@H]1C(CC=CCC[C@@H](O)C(=O)O)[C@H]2CC[C@@H]1O2. The number of allylic oxidation sites excluding steroid dienone is 2. The number of carbonyl (C=O) groups excluding carboxylic acids is 1. The van der Waals surface area contributed by atoms with Gasteiger partial charge in [0.15, 0.2) is 6.10 Å². The van der Waals surface area contributed by atoms with Gasteiger partial charge in [0, 0.05) is 12.5 Å². The van der Waals surface area contributed by atoms with E-state index in [2.05, 4.69) is 10.0 Å². The number of ether oxygens (including phenoxy) is 1. The van der Waals surface area contributed by atoms with Gasteiger partial charge in [-0.15, -0.1) is 0 Å². The van der Waals surface area contributed by atoms with Crippen LogP contribution in [0.1, 0.15) is 58.3 Å². The minimum Gasteiger partial charge on any atom is -0.479 e. The lowest BCUT2D eigenvalue weighted by molar-refractivity contribution is -0.146. The molecule has 178 valence electrons. The molecular weight excluding hydrogens is 424 g/mol. The van der Waals surface area contributed by atoms with E-state index in [0.29, 0.717) is 19.4 Å². The largest absolute Gasteiger partial charge is 0.479 e. The van der Waals surface area contributed by atoms with Gasteiger partial charge in [0.1, 0.15) is 0 Å². The first kappa shape index (κ1) is 25.8. The number of unbranched alkanes of at least 4 members (excludes halogenated alkanes) is 2. The molecule has 2 fully saturated rings. The van der Waals surface area contributed by atoms with Crippen molar-refractivity contribution in [3.8, 4) is 0 Å². The van der Waals surface area contributed by atoms with Crippen molar-refractivity contribution in [3.05, 3.63) is 12.2 Å². The summed E-state index contributed by atoms with van der Waals surface area (Å²) in [5, 5.41) is 20.8. The normalized spacial score (nSPS) is 26.4. The number of rotatable bonds is 15. The lowest BCUT2D eigenvalue weighted by atomic mass is 9.77. The van der Waals surface area contributed by atoms with Crippen LogP contribution >= 0.6 is 0 Å². The molecule has 2 bridgehead atoms. The maximum absolute atomic E-state index is 12.1. The summed E-state index contributed by atoms with van der Waals surface area (Å²) in [4.78, 5) is 22.8. The van der Waals surface area contributed by atoms with Gasteiger partial charge in [0.05, 0.1) is 24.5 Å². The number of hydrogen-bond acceptors (Lipinski definition) is 6. The summed E-state index contributed by atoms with van der Waals surface area (Å²) < 4.78 is 32.2. The van der Waals surface area contributed by atoms with Crippen molar-refractivity contribution in [1.82, 2.24) is 10.0 Å². The second-order valence-electron chi connectivity index (χ2n) is 8.41. The third-order valence-corrected chi connectivity index (χ3v) is 7.47. The Labute approximate surface area is 184 Å². The fraction of sp³-hybridized carbons (Fsp3) is 0.810. The number of carbonyl (C=O) groups is 2. The highest BCUT2D eigenvalue weighted by Crippen LogP contribution is 2.44. The van der Waals surface area contributed by atoms with Crippen LogP contribution < -0.4 is 10.0 Å². The first-order chi connectivity index (χ1) is 14.7. The van der Waals surface area contributed by atoms with Crippen molar-refractivity contribution in [2.75, 3.05) is 18.8 Å². The van der Waals surface area contributed by atoms with Gasteiger partial charge >= 0.3 is 5.97 Å². The summed E-state index contributed by atoms with van der Waals surface area (Å²) in [5.74, 6) is -1.11. The number of aliphatic hydroxyl groups excluding tert-OH is 1. The molecule has 5 atom stereocenters. The maximum Gasteiger partial charge on any atom is 0.332 e. The molecule has 9 nitrogen and oxygen atoms in total. The molecule has 2 heterocycles. The van der Waals surface area contributed by atoms with Crippen LogP contribution in [0.4, 0.5) is 0 Å². The minimum atomic E-state index is -3.43. The third kappa shape index (κ3) is 8.51. The second-order valence-corrected chi connectivity index (χ2v) is 10.3. The Morgan fingerprint density at radius 2 is 1.87 bits per heavy atom. The molecule has 4 N–H and O–H groups in total. The lowest BCUT2D eigenvalue weighted by Crippen LogP contribution is -2.42. The van der Waals surface area contributed by atoms with Gasteiger partial charge in [-0.1, -0.05) is 31.9 Å². The molecule has 2 rings (SSSR count). The van der Waals surface area contributed by atoms with Crippen molar-refractivity contribution < 1.29 is 33.0 Å². The van der Waals surface area contributed by atoms with Crippen LogP contribution in [-0.4, -0.2) is 67.7 Å². The summed E-state index contributed by atoms with van der Waals surface area (Å²) in [7, 11) is -3.43. The van der Waals surface area contributed by atoms with Crippen LogP contribution in [0.5, 0.6) is 0 Å². The third-order valence-electron chi connectivity index (χ3n) is 6.06. The number of aliphatic hydroxyl groups is 1. The Morgan fingerprint density at radius 1 is 1.16 bits per heavy atom. The van der Waals surface area contributed by atoms with E-state index in [1.54, 1.807) is 0 Å². The molecule has 0 spiro atoms. The van der Waals surface area contributed by atoms with Gasteiger partial charge < -0.3 is 20.3 Å².